The lowest BCUT2D eigenvalue weighted by Gasteiger charge is -2.41. The second-order valence-electron chi connectivity index (χ2n) is 8.23. The molecular formula is C20H33N3O2. The van der Waals surface area contributed by atoms with E-state index in [0.29, 0.717) is 18.0 Å². The molecule has 140 valence electrons. The molecule has 0 N–H and O–H groups in total. The topological polar surface area (TPSA) is 64.8 Å². The van der Waals surface area contributed by atoms with Gasteiger partial charge in [0.1, 0.15) is 11.6 Å². The van der Waals surface area contributed by atoms with Gasteiger partial charge in [0.15, 0.2) is 0 Å². The van der Waals surface area contributed by atoms with Crippen LogP contribution in [0.1, 0.15) is 78.3 Å². The van der Waals surface area contributed by atoms with E-state index in [0.717, 1.165) is 57.2 Å². The van der Waals surface area contributed by atoms with E-state index in [1.54, 1.807) is 0 Å². The molecule has 1 aromatic rings. The van der Waals surface area contributed by atoms with Gasteiger partial charge in [-0.3, -0.25) is 14.3 Å². The molecule has 1 aromatic heterocycles. The first kappa shape index (κ1) is 19.8. The van der Waals surface area contributed by atoms with Crippen LogP contribution < -0.4 is 0 Å². The molecule has 5 heteroatoms. The summed E-state index contributed by atoms with van der Waals surface area (Å²) in [5.74, 6) is 0.959. The van der Waals surface area contributed by atoms with Gasteiger partial charge in [0.2, 0.25) is 0 Å². The van der Waals surface area contributed by atoms with Crippen LogP contribution in [0.3, 0.4) is 0 Å². The number of Topliss-reactive ketones (excluding diaryl/α,β-unsaturated/α-hetero) is 2. The van der Waals surface area contributed by atoms with Crippen LogP contribution >= 0.6 is 0 Å². The average molecular weight is 348 g/mol. The molecule has 1 aliphatic rings. The number of nitrogens with zero attached hydrogens (tertiary/aromatic N) is 3. The van der Waals surface area contributed by atoms with Gasteiger partial charge < -0.3 is 0 Å². The fourth-order valence-electron chi connectivity index (χ4n) is 3.64. The van der Waals surface area contributed by atoms with Gasteiger partial charge in [0.05, 0.1) is 5.69 Å². The van der Waals surface area contributed by atoms with E-state index in [-0.39, 0.29) is 17.3 Å². The van der Waals surface area contributed by atoms with Crippen LogP contribution in [0, 0.1) is 17.3 Å². The Morgan fingerprint density at radius 3 is 2.40 bits per heavy atom. The van der Waals surface area contributed by atoms with Crippen LogP contribution in [0.2, 0.25) is 0 Å². The average Bonchev–Trinajstić information content (AvgIpc) is 2.96. The first-order chi connectivity index (χ1) is 11.8. The summed E-state index contributed by atoms with van der Waals surface area (Å²) in [6, 6.07) is 0. The van der Waals surface area contributed by atoms with Crippen molar-refractivity contribution in [3.63, 3.8) is 0 Å². The molecule has 0 spiro atoms. The van der Waals surface area contributed by atoms with Crippen molar-refractivity contribution in [3.05, 3.63) is 11.9 Å². The van der Waals surface area contributed by atoms with E-state index in [4.69, 9.17) is 0 Å². The Bertz CT molecular complexity index is 586. The van der Waals surface area contributed by atoms with Gasteiger partial charge >= 0.3 is 0 Å². The largest absolute Gasteiger partial charge is 0.299 e. The molecule has 1 fully saturated rings. The normalized spacial score (nSPS) is 16.2. The maximum absolute atomic E-state index is 12.5. The second-order valence-corrected chi connectivity index (χ2v) is 8.23. The molecule has 2 rings (SSSR count). The van der Waals surface area contributed by atoms with Gasteiger partial charge in [-0.1, -0.05) is 45.7 Å². The Hall–Kier alpha value is -1.52. The van der Waals surface area contributed by atoms with Crippen LogP contribution in [0.4, 0.5) is 0 Å². The van der Waals surface area contributed by atoms with Gasteiger partial charge in [-0.15, -0.1) is 5.10 Å². The first-order valence-electron chi connectivity index (χ1n) is 9.80. The van der Waals surface area contributed by atoms with Gasteiger partial charge in [-0.05, 0) is 25.7 Å². The van der Waals surface area contributed by atoms with E-state index in [2.05, 4.69) is 10.3 Å². The third-order valence-corrected chi connectivity index (χ3v) is 5.42. The fourth-order valence-corrected chi connectivity index (χ4v) is 3.64. The second kappa shape index (κ2) is 8.72. The third kappa shape index (κ3) is 5.23. The monoisotopic (exact) mass is 347 g/mol. The van der Waals surface area contributed by atoms with Crippen LogP contribution in [0.5, 0.6) is 0 Å². The fraction of sp³-hybridized carbons (Fsp3) is 0.800. The molecule has 0 aliphatic heterocycles. The quantitative estimate of drug-likeness (QED) is 0.568. The Kier molecular flexibility index (Phi) is 6.91. The summed E-state index contributed by atoms with van der Waals surface area (Å²) < 4.78 is 1.88. The lowest BCUT2D eigenvalue weighted by atomic mass is 9.61. The third-order valence-electron chi connectivity index (χ3n) is 5.42. The maximum atomic E-state index is 12.5. The minimum absolute atomic E-state index is 0.0869. The highest BCUT2D eigenvalue weighted by molar-refractivity contribution is 5.87. The highest BCUT2D eigenvalue weighted by atomic mass is 16.1. The molecule has 0 unspecified atom stereocenters. The predicted molar refractivity (Wildman–Crippen MR) is 98.2 cm³/mol. The minimum Gasteiger partial charge on any atom is -0.299 e. The lowest BCUT2D eigenvalue weighted by molar-refractivity contribution is -0.136. The summed E-state index contributed by atoms with van der Waals surface area (Å²) in [5.41, 5.74) is 0.746. The number of carbonyl (C=O) groups excluding carboxylic acids is 2. The number of rotatable bonds is 11. The molecule has 0 saturated heterocycles. The zero-order valence-electron chi connectivity index (χ0n) is 16.3. The number of aromatic nitrogens is 3. The van der Waals surface area contributed by atoms with Crippen molar-refractivity contribution in [1.82, 2.24) is 15.0 Å². The first-order valence-corrected chi connectivity index (χ1v) is 9.80. The Balaban J connectivity index is 1.76. The number of hydrogen-bond donors (Lipinski definition) is 0. The summed E-state index contributed by atoms with van der Waals surface area (Å²) in [7, 11) is 0. The van der Waals surface area contributed by atoms with Crippen LogP contribution in [-0.4, -0.2) is 26.6 Å². The van der Waals surface area contributed by atoms with E-state index in [9.17, 15) is 9.59 Å². The Morgan fingerprint density at radius 2 is 1.84 bits per heavy atom. The molecule has 1 heterocycles. The smallest absolute Gasteiger partial charge is 0.141 e. The Morgan fingerprint density at radius 1 is 1.12 bits per heavy atom. The maximum Gasteiger partial charge on any atom is 0.141 e. The number of carbonyl (C=O) groups is 2. The van der Waals surface area contributed by atoms with Crippen molar-refractivity contribution in [1.29, 1.82) is 0 Å². The summed E-state index contributed by atoms with van der Waals surface area (Å²) >= 11 is 0. The van der Waals surface area contributed by atoms with Gasteiger partial charge in [-0.25, -0.2) is 0 Å². The van der Waals surface area contributed by atoms with Gasteiger partial charge in [0, 0.05) is 42.8 Å². The standard InChI is InChI=1S/C20H33N3O2/c1-15(2)18(24)9-6-5-7-12-23-14-17(21-22-23)13-20(10-8-11-20)19(25)16(3)4/h14-16H,5-13H2,1-4H3. The summed E-state index contributed by atoms with van der Waals surface area (Å²) in [6.07, 6.45) is 9.50. The van der Waals surface area contributed by atoms with E-state index in [1.807, 2.05) is 38.6 Å². The summed E-state index contributed by atoms with van der Waals surface area (Å²) in [4.78, 5) is 24.1. The van der Waals surface area contributed by atoms with Crippen LogP contribution in [-0.2, 0) is 22.6 Å². The van der Waals surface area contributed by atoms with Crippen molar-refractivity contribution in [3.8, 4) is 0 Å². The summed E-state index contributed by atoms with van der Waals surface area (Å²) in [6.45, 7) is 8.72. The SMILES string of the molecule is CC(C)C(=O)CCCCCn1cc(CC2(C(=O)C(C)C)CCC2)nn1. The molecular weight excluding hydrogens is 314 g/mol. The van der Waals surface area contributed by atoms with Gasteiger partial charge in [-0.2, -0.15) is 0 Å². The van der Waals surface area contributed by atoms with Crippen molar-refractivity contribution in [2.24, 2.45) is 17.3 Å². The van der Waals surface area contributed by atoms with Gasteiger partial charge in [0.25, 0.3) is 0 Å². The molecule has 0 atom stereocenters. The molecule has 5 nitrogen and oxygen atoms in total. The van der Waals surface area contributed by atoms with E-state index in [1.165, 1.54) is 0 Å². The number of aryl methyl sites for hydroxylation is 1. The minimum atomic E-state index is -0.188. The molecule has 0 bridgehead atoms. The molecule has 1 saturated carbocycles. The number of hydrogen-bond acceptors (Lipinski definition) is 4. The molecule has 0 amide bonds. The molecule has 25 heavy (non-hydrogen) atoms. The lowest BCUT2D eigenvalue weighted by Crippen LogP contribution is -2.42. The number of ketones is 2. The number of unbranched alkanes of at least 4 members (excludes halogenated alkanes) is 2. The van der Waals surface area contributed by atoms with Crippen LogP contribution in [0.15, 0.2) is 6.20 Å². The predicted octanol–water partition coefficient (Wildman–Crippen LogP) is 4.00. The zero-order chi connectivity index (χ0) is 18.4. The Labute approximate surface area is 151 Å². The molecule has 0 radical (unpaired) electrons. The van der Waals surface area contributed by atoms with E-state index < -0.39 is 0 Å². The van der Waals surface area contributed by atoms with Crippen molar-refractivity contribution >= 4 is 11.6 Å². The van der Waals surface area contributed by atoms with Crippen LogP contribution in [0.25, 0.3) is 0 Å². The summed E-state index contributed by atoms with van der Waals surface area (Å²) in [5, 5.41) is 8.49. The van der Waals surface area contributed by atoms with Crippen molar-refractivity contribution < 1.29 is 9.59 Å². The molecule has 1 aliphatic carbocycles. The van der Waals surface area contributed by atoms with E-state index >= 15 is 0 Å². The zero-order valence-corrected chi connectivity index (χ0v) is 16.3. The highest BCUT2D eigenvalue weighted by Crippen LogP contribution is 2.45. The highest BCUT2D eigenvalue weighted by Gasteiger charge is 2.45. The van der Waals surface area contributed by atoms with Crippen molar-refractivity contribution in [2.75, 3.05) is 0 Å². The molecule has 0 aromatic carbocycles. The van der Waals surface area contributed by atoms with Crippen molar-refractivity contribution in [2.45, 2.75) is 85.6 Å².